The monoisotopic (exact) mass is 285 g/mol. The zero-order valence-electron chi connectivity index (χ0n) is 8.40. The number of nitrogens with zero attached hydrogens (tertiary/aromatic N) is 1. The van der Waals surface area contributed by atoms with Crippen molar-refractivity contribution in [1.29, 1.82) is 0 Å². The normalized spacial score (nSPS) is 21.1. The quantitative estimate of drug-likeness (QED) is 0.787. The predicted octanol–water partition coefficient (Wildman–Crippen LogP) is 2.79. The summed E-state index contributed by atoms with van der Waals surface area (Å²) in [6.45, 7) is 2.72. The van der Waals surface area contributed by atoms with Gasteiger partial charge in [-0.25, -0.2) is 0 Å². The lowest BCUT2D eigenvalue weighted by molar-refractivity contribution is -0.117. The molecule has 0 bridgehead atoms. The van der Waals surface area contributed by atoms with Crippen molar-refractivity contribution in [2.24, 2.45) is 0 Å². The molecule has 1 aliphatic rings. The number of thiol groups is 1. The van der Waals surface area contributed by atoms with Gasteiger partial charge < -0.3 is 4.90 Å². The maximum absolute atomic E-state index is 11.7. The zero-order valence-corrected chi connectivity index (χ0v) is 10.9. The number of carbonyl (C=O) groups excluding carboxylic acids is 1. The highest BCUT2D eigenvalue weighted by Crippen LogP contribution is 2.32. The van der Waals surface area contributed by atoms with E-state index in [0.29, 0.717) is 13.0 Å². The summed E-state index contributed by atoms with van der Waals surface area (Å²) in [4.78, 5) is 13.5. The molecule has 1 unspecified atom stereocenters. The summed E-state index contributed by atoms with van der Waals surface area (Å²) in [5.41, 5.74) is 2.10. The molecule has 1 aliphatic heterocycles. The van der Waals surface area contributed by atoms with E-state index < -0.39 is 0 Å². The molecule has 1 aromatic carbocycles. The summed E-state index contributed by atoms with van der Waals surface area (Å²) in [7, 11) is 0. The van der Waals surface area contributed by atoms with E-state index in [9.17, 15) is 4.79 Å². The molecule has 15 heavy (non-hydrogen) atoms. The average Bonchev–Trinajstić information content (AvgIpc) is 2.50. The summed E-state index contributed by atoms with van der Waals surface area (Å²) >= 11 is 7.86. The highest BCUT2D eigenvalue weighted by atomic mass is 79.9. The van der Waals surface area contributed by atoms with Gasteiger partial charge in [0.25, 0.3) is 0 Å². The van der Waals surface area contributed by atoms with Crippen LogP contribution in [0.1, 0.15) is 12.0 Å². The predicted molar refractivity (Wildman–Crippen MR) is 68.6 cm³/mol. The standard InChI is InChI=1S/C11H12BrNOS/c1-7-3-2-4-9(11(7)12)13-6-8(15)5-10(13)14/h2-4,8,15H,5-6H2,1H3. The Balaban J connectivity index is 2.38. The van der Waals surface area contributed by atoms with Gasteiger partial charge in [-0.2, -0.15) is 12.6 Å². The number of benzene rings is 1. The van der Waals surface area contributed by atoms with E-state index >= 15 is 0 Å². The zero-order chi connectivity index (χ0) is 11.0. The molecule has 0 aliphatic carbocycles. The lowest BCUT2D eigenvalue weighted by Gasteiger charge is -2.18. The summed E-state index contributed by atoms with van der Waals surface area (Å²) < 4.78 is 1.00. The molecule has 1 fully saturated rings. The van der Waals surface area contributed by atoms with Gasteiger partial charge in [-0.3, -0.25) is 4.79 Å². The molecule has 0 aromatic heterocycles. The third kappa shape index (κ3) is 2.06. The first-order chi connectivity index (χ1) is 7.09. The van der Waals surface area contributed by atoms with Crippen LogP contribution < -0.4 is 4.90 Å². The van der Waals surface area contributed by atoms with E-state index in [1.54, 1.807) is 4.90 Å². The van der Waals surface area contributed by atoms with Gasteiger partial charge in [0.05, 0.1) is 5.69 Å². The fourth-order valence-electron chi connectivity index (χ4n) is 1.76. The number of rotatable bonds is 1. The molecule has 1 saturated heterocycles. The Hall–Kier alpha value is -0.480. The van der Waals surface area contributed by atoms with Crippen LogP contribution in [-0.2, 0) is 4.79 Å². The van der Waals surface area contributed by atoms with E-state index in [4.69, 9.17) is 0 Å². The number of aryl methyl sites for hydroxylation is 1. The van der Waals surface area contributed by atoms with E-state index in [2.05, 4.69) is 28.6 Å². The number of halogens is 1. The maximum Gasteiger partial charge on any atom is 0.228 e. The first-order valence-electron chi connectivity index (χ1n) is 4.83. The fraction of sp³-hybridized carbons (Fsp3) is 0.364. The summed E-state index contributed by atoms with van der Waals surface area (Å²) in [5.74, 6) is 0.154. The van der Waals surface area contributed by atoms with Crippen LogP contribution in [0.25, 0.3) is 0 Å². The van der Waals surface area contributed by atoms with Crippen molar-refractivity contribution in [2.75, 3.05) is 11.4 Å². The Bertz CT molecular complexity index is 408. The number of amides is 1. The van der Waals surface area contributed by atoms with Crippen LogP contribution in [-0.4, -0.2) is 17.7 Å². The maximum atomic E-state index is 11.7. The Kier molecular flexibility index (Phi) is 3.07. The topological polar surface area (TPSA) is 20.3 Å². The van der Waals surface area contributed by atoms with Crippen LogP contribution in [0, 0.1) is 6.92 Å². The van der Waals surface area contributed by atoms with Crippen molar-refractivity contribution >= 4 is 40.2 Å². The Morgan fingerprint density at radius 1 is 1.53 bits per heavy atom. The van der Waals surface area contributed by atoms with Crippen LogP contribution in [0.15, 0.2) is 22.7 Å². The second-order valence-corrected chi connectivity index (χ2v) is 5.29. The van der Waals surface area contributed by atoms with Gasteiger partial charge in [0.2, 0.25) is 5.91 Å². The molecule has 0 spiro atoms. The Labute approximate surface area is 103 Å². The molecule has 0 saturated carbocycles. The molecular weight excluding hydrogens is 274 g/mol. The molecule has 1 aromatic rings. The highest BCUT2D eigenvalue weighted by molar-refractivity contribution is 9.10. The minimum atomic E-state index is 0.154. The smallest absolute Gasteiger partial charge is 0.228 e. The average molecular weight is 286 g/mol. The van der Waals surface area contributed by atoms with Gasteiger partial charge in [0, 0.05) is 22.7 Å². The summed E-state index contributed by atoms with van der Waals surface area (Å²) in [5, 5.41) is 0.157. The van der Waals surface area contributed by atoms with Gasteiger partial charge in [0.1, 0.15) is 0 Å². The van der Waals surface area contributed by atoms with E-state index in [1.807, 2.05) is 25.1 Å². The van der Waals surface area contributed by atoms with Crippen molar-refractivity contribution < 1.29 is 4.79 Å². The SMILES string of the molecule is Cc1cccc(N2CC(S)CC2=O)c1Br. The van der Waals surface area contributed by atoms with Crippen LogP contribution in [0.4, 0.5) is 5.69 Å². The Morgan fingerprint density at radius 3 is 2.87 bits per heavy atom. The van der Waals surface area contributed by atoms with E-state index in [0.717, 1.165) is 15.7 Å². The lowest BCUT2D eigenvalue weighted by atomic mass is 10.2. The fourth-order valence-corrected chi connectivity index (χ4v) is 2.56. The molecule has 0 radical (unpaired) electrons. The summed E-state index contributed by atoms with van der Waals surface area (Å²) in [6, 6.07) is 5.95. The first-order valence-corrected chi connectivity index (χ1v) is 6.14. The van der Waals surface area contributed by atoms with Crippen LogP contribution >= 0.6 is 28.6 Å². The van der Waals surface area contributed by atoms with Gasteiger partial charge in [-0.15, -0.1) is 0 Å². The van der Waals surface area contributed by atoms with Crippen LogP contribution in [0.5, 0.6) is 0 Å². The Morgan fingerprint density at radius 2 is 2.27 bits per heavy atom. The second kappa shape index (κ2) is 4.18. The molecule has 2 rings (SSSR count). The van der Waals surface area contributed by atoms with Crippen molar-refractivity contribution in [3.05, 3.63) is 28.2 Å². The van der Waals surface area contributed by atoms with Gasteiger partial charge in [-0.1, -0.05) is 12.1 Å². The van der Waals surface area contributed by atoms with Gasteiger partial charge in [0.15, 0.2) is 0 Å². The largest absolute Gasteiger partial charge is 0.310 e. The molecule has 2 nitrogen and oxygen atoms in total. The number of anilines is 1. The van der Waals surface area contributed by atoms with Crippen molar-refractivity contribution in [3.8, 4) is 0 Å². The highest BCUT2D eigenvalue weighted by Gasteiger charge is 2.29. The summed E-state index contributed by atoms with van der Waals surface area (Å²) in [6.07, 6.45) is 0.531. The molecule has 1 heterocycles. The van der Waals surface area contributed by atoms with Gasteiger partial charge in [-0.05, 0) is 34.5 Å². The third-order valence-corrected chi connectivity index (χ3v) is 3.94. The van der Waals surface area contributed by atoms with Gasteiger partial charge >= 0.3 is 0 Å². The van der Waals surface area contributed by atoms with Crippen molar-refractivity contribution in [3.63, 3.8) is 0 Å². The van der Waals surface area contributed by atoms with Crippen LogP contribution in [0.2, 0.25) is 0 Å². The molecule has 80 valence electrons. The second-order valence-electron chi connectivity index (χ2n) is 3.77. The molecular formula is C11H12BrNOS. The first kappa shape index (κ1) is 11.0. The molecule has 1 atom stereocenters. The molecule has 4 heteroatoms. The number of carbonyl (C=O) groups is 1. The number of hydrogen-bond donors (Lipinski definition) is 1. The van der Waals surface area contributed by atoms with Crippen molar-refractivity contribution in [1.82, 2.24) is 0 Å². The lowest BCUT2D eigenvalue weighted by Crippen LogP contribution is -2.25. The van der Waals surface area contributed by atoms with Crippen LogP contribution in [0.3, 0.4) is 0 Å². The van der Waals surface area contributed by atoms with E-state index in [1.165, 1.54) is 0 Å². The number of hydrogen-bond acceptors (Lipinski definition) is 2. The van der Waals surface area contributed by atoms with E-state index in [-0.39, 0.29) is 11.2 Å². The minimum absolute atomic E-state index is 0.154. The minimum Gasteiger partial charge on any atom is -0.310 e. The molecule has 1 amide bonds. The third-order valence-electron chi connectivity index (χ3n) is 2.57. The van der Waals surface area contributed by atoms with Crippen molar-refractivity contribution in [2.45, 2.75) is 18.6 Å². The molecule has 0 N–H and O–H groups in total.